The third-order valence-electron chi connectivity index (χ3n) is 3.78. The molecule has 0 saturated heterocycles. The Morgan fingerprint density at radius 3 is 2.00 bits per heavy atom. The molecule has 0 amide bonds. The predicted molar refractivity (Wildman–Crippen MR) is 94.5 cm³/mol. The van der Waals surface area contributed by atoms with Crippen LogP contribution in [0.3, 0.4) is 0 Å². The van der Waals surface area contributed by atoms with Crippen molar-refractivity contribution in [3.8, 4) is 6.07 Å². The lowest BCUT2D eigenvalue weighted by atomic mass is 10.0. The molecule has 3 heteroatoms. The second kappa shape index (κ2) is 15.8. The van der Waals surface area contributed by atoms with Gasteiger partial charge in [-0.25, -0.2) is 0 Å². The Hall–Kier alpha value is -0.620. The number of ether oxygens (including phenoxy) is 1. The molecule has 0 saturated carbocycles. The lowest BCUT2D eigenvalue weighted by Gasteiger charge is -2.18. The van der Waals surface area contributed by atoms with E-state index >= 15 is 0 Å². The van der Waals surface area contributed by atoms with Crippen LogP contribution in [0.2, 0.25) is 0 Å². The van der Waals surface area contributed by atoms with Gasteiger partial charge in [-0.05, 0) is 31.5 Å². The van der Waals surface area contributed by atoms with Gasteiger partial charge in [0.25, 0.3) is 0 Å². The van der Waals surface area contributed by atoms with Gasteiger partial charge in [-0.2, -0.15) is 5.26 Å². The SMILES string of the molecule is CCCCCCCCCCC(CCCC)OC(=S)CC#N. The zero-order valence-corrected chi connectivity index (χ0v) is 14.8. The molecule has 0 bridgehead atoms. The van der Waals surface area contributed by atoms with Crippen molar-refractivity contribution < 1.29 is 4.74 Å². The molecule has 0 aliphatic rings. The van der Waals surface area contributed by atoms with Gasteiger partial charge in [-0.3, -0.25) is 0 Å². The fourth-order valence-corrected chi connectivity index (χ4v) is 2.69. The largest absolute Gasteiger partial charge is 0.483 e. The van der Waals surface area contributed by atoms with Gasteiger partial charge in [-0.15, -0.1) is 0 Å². The summed E-state index contributed by atoms with van der Waals surface area (Å²) in [6, 6.07) is 2.06. The standard InChI is InChI=1S/C18H33NOS/c1-3-5-7-8-9-10-11-12-14-17(13-6-4-2)20-18(21)15-16-19/h17H,3-15H2,1-2H3. The summed E-state index contributed by atoms with van der Waals surface area (Å²) in [5, 5.41) is 9.11. The average Bonchev–Trinajstić information content (AvgIpc) is 2.47. The number of nitriles is 1. The Balaban J connectivity index is 3.70. The van der Waals surface area contributed by atoms with Crippen LogP contribution in [-0.4, -0.2) is 11.2 Å². The number of unbranched alkanes of at least 4 members (excludes halogenated alkanes) is 8. The van der Waals surface area contributed by atoms with Crippen LogP contribution in [0, 0.1) is 11.3 Å². The molecule has 21 heavy (non-hydrogen) atoms. The highest BCUT2D eigenvalue weighted by atomic mass is 32.1. The number of rotatable bonds is 14. The smallest absolute Gasteiger partial charge is 0.174 e. The predicted octanol–water partition coefficient (Wildman–Crippen LogP) is 6.33. The Morgan fingerprint density at radius 2 is 1.43 bits per heavy atom. The van der Waals surface area contributed by atoms with Gasteiger partial charge in [-0.1, -0.05) is 71.6 Å². The fourth-order valence-electron chi connectivity index (χ4n) is 2.49. The molecule has 0 aromatic rings. The fraction of sp³-hybridized carbons (Fsp3) is 0.889. The molecule has 0 aliphatic carbocycles. The molecule has 0 aliphatic heterocycles. The normalized spacial score (nSPS) is 11.9. The lowest BCUT2D eigenvalue weighted by molar-refractivity contribution is 0.163. The molecule has 0 heterocycles. The van der Waals surface area contributed by atoms with E-state index in [1.54, 1.807) is 0 Å². The summed E-state index contributed by atoms with van der Waals surface area (Å²) in [4.78, 5) is 0. The maximum Gasteiger partial charge on any atom is 0.174 e. The monoisotopic (exact) mass is 311 g/mol. The molecule has 2 nitrogen and oxygen atoms in total. The van der Waals surface area contributed by atoms with Crippen molar-refractivity contribution in [1.82, 2.24) is 0 Å². The van der Waals surface area contributed by atoms with E-state index in [-0.39, 0.29) is 12.5 Å². The summed E-state index contributed by atoms with van der Waals surface area (Å²) in [6.07, 6.45) is 15.7. The van der Waals surface area contributed by atoms with E-state index in [4.69, 9.17) is 22.2 Å². The van der Waals surface area contributed by atoms with Crippen molar-refractivity contribution in [2.75, 3.05) is 0 Å². The van der Waals surface area contributed by atoms with E-state index in [9.17, 15) is 0 Å². The number of thiocarbonyl (C=S) groups is 1. The van der Waals surface area contributed by atoms with Crippen LogP contribution in [0.4, 0.5) is 0 Å². The molecule has 1 unspecified atom stereocenters. The van der Waals surface area contributed by atoms with Crippen LogP contribution in [0.15, 0.2) is 0 Å². The average molecular weight is 312 g/mol. The van der Waals surface area contributed by atoms with Gasteiger partial charge in [0.05, 0.1) is 12.2 Å². The third kappa shape index (κ3) is 14.1. The Morgan fingerprint density at radius 1 is 0.905 bits per heavy atom. The van der Waals surface area contributed by atoms with Crippen LogP contribution in [0.1, 0.15) is 97.3 Å². The summed E-state index contributed by atoms with van der Waals surface area (Å²) >= 11 is 5.10. The summed E-state index contributed by atoms with van der Waals surface area (Å²) in [7, 11) is 0. The van der Waals surface area contributed by atoms with E-state index in [0.717, 1.165) is 12.8 Å². The number of nitrogens with zero attached hydrogens (tertiary/aromatic N) is 1. The Bertz CT molecular complexity index is 285. The first-order chi connectivity index (χ1) is 10.2. The van der Waals surface area contributed by atoms with Crippen LogP contribution < -0.4 is 0 Å². The van der Waals surface area contributed by atoms with Gasteiger partial charge >= 0.3 is 0 Å². The second-order valence-electron chi connectivity index (χ2n) is 5.85. The van der Waals surface area contributed by atoms with Gasteiger partial charge in [0.15, 0.2) is 5.05 Å². The van der Waals surface area contributed by atoms with E-state index in [1.165, 1.54) is 64.2 Å². The van der Waals surface area contributed by atoms with Crippen LogP contribution >= 0.6 is 12.2 Å². The minimum Gasteiger partial charge on any atom is -0.483 e. The summed E-state index contributed by atoms with van der Waals surface area (Å²) < 4.78 is 5.76. The molecule has 0 N–H and O–H groups in total. The quantitative estimate of drug-likeness (QED) is 0.277. The van der Waals surface area contributed by atoms with Crippen LogP contribution in [0.5, 0.6) is 0 Å². The molecule has 0 aromatic carbocycles. The molecule has 122 valence electrons. The van der Waals surface area contributed by atoms with E-state index in [0.29, 0.717) is 5.05 Å². The third-order valence-corrected chi connectivity index (χ3v) is 4.02. The summed E-state index contributed by atoms with van der Waals surface area (Å²) in [5.41, 5.74) is 0. The molecule has 0 spiro atoms. The molecule has 0 aromatic heterocycles. The molecular formula is C18H33NOS. The first kappa shape index (κ1) is 20.4. The highest BCUT2D eigenvalue weighted by Crippen LogP contribution is 2.16. The van der Waals surface area contributed by atoms with Crippen LogP contribution in [-0.2, 0) is 4.74 Å². The molecular weight excluding hydrogens is 278 g/mol. The van der Waals surface area contributed by atoms with Crippen LogP contribution in [0.25, 0.3) is 0 Å². The molecule has 1 atom stereocenters. The molecule has 0 fully saturated rings. The summed E-state index contributed by atoms with van der Waals surface area (Å²) in [5.74, 6) is 0. The molecule has 0 radical (unpaired) electrons. The maximum atomic E-state index is 8.64. The maximum absolute atomic E-state index is 8.64. The number of hydrogen-bond donors (Lipinski definition) is 0. The van der Waals surface area contributed by atoms with E-state index < -0.39 is 0 Å². The first-order valence-electron chi connectivity index (χ1n) is 8.81. The van der Waals surface area contributed by atoms with E-state index in [1.807, 2.05) is 0 Å². The van der Waals surface area contributed by atoms with Crippen molar-refractivity contribution in [2.45, 2.75) is 103 Å². The lowest BCUT2D eigenvalue weighted by Crippen LogP contribution is -2.16. The van der Waals surface area contributed by atoms with Crippen molar-refractivity contribution in [2.24, 2.45) is 0 Å². The minimum atomic E-state index is 0.228. The van der Waals surface area contributed by atoms with Gasteiger partial charge < -0.3 is 4.74 Å². The first-order valence-corrected chi connectivity index (χ1v) is 9.21. The van der Waals surface area contributed by atoms with Gasteiger partial charge in [0, 0.05) is 0 Å². The second-order valence-corrected chi connectivity index (χ2v) is 6.31. The Kier molecular flexibility index (Phi) is 15.3. The van der Waals surface area contributed by atoms with Gasteiger partial charge in [0.2, 0.25) is 0 Å². The van der Waals surface area contributed by atoms with Gasteiger partial charge in [0.1, 0.15) is 6.42 Å². The minimum absolute atomic E-state index is 0.228. The Labute approximate surface area is 137 Å². The highest BCUT2D eigenvalue weighted by Gasteiger charge is 2.11. The highest BCUT2D eigenvalue weighted by molar-refractivity contribution is 7.80. The molecule has 0 rings (SSSR count). The number of hydrogen-bond acceptors (Lipinski definition) is 3. The zero-order chi connectivity index (χ0) is 15.8. The topological polar surface area (TPSA) is 33.0 Å². The van der Waals surface area contributed by atoms with Crippen molar-refractivity contribution in [3.05, 3.63) is 0 Å². The van der Waals surface area contributed by atoms with Crippen molar-refractivity contribution in [1.29, 1.82) is 5.26 Å². The van der Waals surface area contributed by atoms with E-state index in [2.05, 4.69) is 19.9 Å². The summed E-state index contributed by atoms with van der Waals surface area (Å²) in [6.45, 7) is 4.45. The van der Waals surface area contributed by atoms with Crippen molar-refractivity contribution in [3.63, 3.8) is 0 Å². The van der Waals surface area contributed by atoms with Crippen molar-refractivity contribution >= 4 is 17.3 Å². The zero-order valence-electron chi connectivity index (χ0n) is 14.0.